The van der Waals surface area contributed by atoms with E-state index >= 15 is 0 Å². The lowest BCUT2D eigenvalue weighted by atomic mass is 10.3. The molecule has 1 aromatic carbocycles. The van der Waals surface area contributed by atoms with Crippen molar-refractivity contribution < 1.29 is 9.13 Å². The summed E-state index contributed by atoms with van der Waals surface area (Å²) in [5.74, 6) is 1.70. The van der Waals surface area contributed by atoms with Gasteiger partial charge in [-0.1, -0.05) is 0 Å². The van der Waals surface area contributed by atoms with Gasteiger partial charge in [0.25, 0.3) is 0 Å². The Morgan fingerprint density at radius 1 is 1.12 bits per heavy atom. The molecule has 2 fully saturated rings. The highest BCUT2D eigenvalue weighted by Crippen LogP contribution is 2.28. The van der Waals surface area contributed by atoms with Gasteiger partial charge in [0.1, 0.15) is 17.8 Å². The molecule has 4 rings (SSSR count). The van der Waals surface area contributed by atoms with Crippen molar-refractivity contribution in [3.05, 3.63) is 42.1 Å². The Balaban J connectivity index is 1.40. The van der Waals surface area contributed by atoms with Crippen LogP contribution in [0.3, 0.4) is 0 Å². The van der Waals surface area contributed by atoms with E-state index in [0.717, 1.165) is 37.9 Å². The van der Waals surface area contributed by atoms with E-state index in [9.17, 15) is 4.39 Å². The summed E-state index contributed by atoms with van der Waals surface area (Å²) >= 11 is 0. The Labute approximate surface area is 141 Å². The van der Waals surface area contributed by atoms with Gasteiger partial charge in [-0.2, -0.15) is 4.99 Å². The van der Waals surface area contributed by atoms with Gasteiger partial charge in [0.05, 0.1) is 6.54 Å². The summed E-state index contributed by atoms with van der Waals surface area (Å²) in [6, 6.07) is 6.80. The van der Waals surface area contributed by atoms with Gasteiger partial charge in [-0.25, -0.2) is 4.39 Å². The lowest BCUT2D eigenvalue weighted by Crippen LogP contribution is -2.35. The zero-order valence-corrected chi connectivity index (χ0v) is 13.7. The van der Waals surface area contributed by atoms with Gasteiger partial charge in [0.2, 0.25) is 5.90 Å². The zero-order chi connectivity index (χ0) is 16.4. The van der Waals surface area contributed by atoms with Crippen molar-refractivity contribution in [2.45, 2.75) is 25.3 Å². The van der Waals surface area contributed by atoms with Crippen LogP contribution in [0.1, 0.15) is 19.3 Å². The van der Waals surface area contributed by atoms with Crippen molar-refractivity contribution >= 4 is 5.90 Å². The van der Waals surface area contributed by atoms with E-state index in [4.69, 9.17) is 4.74 Å². The summed E-state index contributed by atoms with van der Waals surface area (Å²) in [6.45, 7) is 4.70. The van der Waals surface area contributed by atoms with E-state index in [1.54, 1.807) is 12.1 Å². The third-order valence-corrected chi connectivity index (χ3v) is 4.61. The quantitative estimate of drug-likeness (QED) is 0.921. The fourth-order valence-corrected chi connectivity index (χ4v) is 3.19. The second kappa shape index (κ2) is 6.81. The Kier molecular flexibility index (Phi) is 4.38. The Hall–Kier alpha value is -2.08. The van der Waals surface area contributed by atoms with Crippen LogP contribution in [0.15, 0.2) is 35.1 Å². The van der Waals surface area contributed by atoms with Gasteiger partial charge >= 0.3 is 0 Å². The first-order valence-electron chi connectivity index (χ1n) is 8.64. The average Bonchev–Trinajstić information content (AvgIpc) is 3.43. The summed E-state index contributed by atoms with van der Waals surface area (Å²) in [5.41, 5.74) is 0. The van der Waals surface area contributed by atoms with Crippen molar-refractivity contribution in [3.63, 3.8) is 0 Å². The van der Waals surface area contributed by atoms with E-state index in [1.807, 2.05) is 0 Å². The molecule has 0 bridgehead atoms. The Morgan fingerprint density at radius 2 is 1.96 bits per heavy atom. The first-order valence-corrected chi connectivity index (χ1v) is 8.64. The van der Waals surface area contributed by atoms with Crippen molar-refractivity contribution in [1.82, 2.24) is 15.1 Å². The summed E-state index contributed by atoms with van der Waals surface area (Å²) in [7, 11) is 0. The molecule has 0 unspecified atom stereocenters. The van der Waals surface area contributed by atoms with E-state index in [-0.39, 0.29) is 5.82 Å². The summed E-state index contributed by atoms with van der Waals surface area (Å²) in [6.07, 6.45) is 6.99. The molecule has 0 atom stereocenters. The Morgan fingerprint density at radius 3 is 2.75 bits per heavy atom. The second-order valence-electron chi connectivity index (χ2n) is 6.47. The van der Waals surface area contributed by atoms with Crippen LogP contribution in [0, 0.1) is 12.0 Å². The zero-order valence-electron chi connectivity index (χ0n) is 13.7. The predicted molar refractivity (Wildman–Crippen MR) is 90.0 cm³/mol. The number of aliphatic imine (C=N–C) groups is 1. The van der Waals surface area contributed by atoms with Crippen LogP contribution in [0.25, 0.3) is 0 Å². The first-order chi connectivity index (χ1) is 11.8. The fraction of sp³-hybridized carbons (Fsp3) is 0.500. The number of halogens is 1. The average molecular weight is 329 g/mol. The van der Waals surface area contributed by atoms with Gasteiger partial charge in [0.15, 0.2) is 5.82 Å². The number of rotatable bonds is 3. The highest BCUT2D eigenvalue weighted by atomic mass is 19.1. The maximum Gasteiger partial charge on any atom is 0.216 e. The molecule has 5 nitrogen and oxygen atoms in total. The number of hydrogen-bond acceptors (Lipinski definition) is 5. The molecule has 1 aromatic rings. The maximum absolute atomic E-state index is 13.0. The molecule has 0 amide bonds. The third kappa shape index (κ3) is 3.70. The molecule has 3 aliphatic rings. The third-order valence-electron chi connectivity index (χ3n) is 4.61. The van der Waals surface area contributed by atoms with Crippen LogP contribution in [0.5, 0.6) is 5.75 Å². The van der Waals surface area contributed by atoms with Gasteiger partial charge < -0.3 is 15.0 Å². The van der Waals surface area contributed by atoms with E-state index in [2.05, 4.69) is 26.3 Å². The van der Waals surface area contributed by atoms with Gasteiger partial charge in [-0.15, -0.1) is 0 Å². The highest BCUT2D eigenvalue weighted by molar-refractivity contribution is 5.82. The van der Waals surface area contributed by atoms with Crippen molar-refractivity contribution in [2.24, 2.45) is 4.99 Å². The molecule has 1 saturated carbocycles. The minimum absolute atomic E-state index is 0.273. The topological polar surface area (TPSA) is 40.1 Å². The molecule has 0 spiro atoms. The van der Waals surface area contributed by atoms with Crippen LogP contribution >= 0.6 is 0 Å². The molecule has 2 heterocycles. The SMILES string of the molecule is Fc1ccc(OC2=NC(N3CCCN(C4CC4)CC3)=[C]NC2)cc1. The molecule has 1 radical (unpaired) electrons. The predicted octanol–water partition coefficient (Wildman–Crippen LogP) is 1.98. The number of nitrogens with one attached hydrogen (secondary N) is 1. The summed E-state index contributed by atoms with van der Waals surface area (Å²) in [4.78, 5) is 9.46. The summed E-state index contributed by atoms with van der Waals surface area (Å²) < 4.78 is 18.7. The van der Waals surface area contributed by atoms with Gasteiger partial charge in [-0.3, -0.25) is 4.90 Å². The normalized spacial score (nSPS) is 22.3. The van der Waals surface area contributed by atoms with Crippen LogP contribution in [-0.2, 0) is 0 Å². The molecule has 1 N–H and O–H groups in total. The number of hydrogen-bond donors (Lipinski definition) is 1. The fourth-order valence-electron chi connectivity index (χ4n) is 3.19. The molecule has 1 saturated heterocycles. The number of benzene rings is 1. The van der Waals surface area contributed by atoms with Gasteiger partial charge in [-0.05, 0) is 43.5 Å². The van der Waals surface area contributed by atoms with Crippen molar-refractivity contribution in [2.75, 3.05) is 32.7 Å². The molecule has 6 heteroatoms. The first kappa shape index (κ1) is 15.4. The smallest absolute Gasteiger partial charge is 0.216 e. The van der Waals surface area contributed by atoms with Crippen molar-refractivity contribution in [3.8, 4) is 5.75 Å². The van der Waals surface area contributed by atoms with Crippen LogP contribution in [0.2, 0.25) is 0 Å². The lowest BCUT2D eigenvalue weighted by molar-refractivity contribution is 0.267. The standard InChI is InChI=1S/C18H22FN4O/c19-14-2-6-16(7-3-14)24-18-13-20-12-17(21-18)23-9-1-8-22(10-11-23)15-4-5-15/h2-3,6-7,15,20H,1,4-5,8-11,13H2. The molecule has 24 heavy (non-hydrogen) atoms. The van der Waals surface area contributed by atoms with E-state index in [0.29, 0.717) is 18.2 Å². The minimum atomic E-state index is -0.273. The van der Waals surface area contributed by atoms with Gasteiger partial charge in [0, 0.05) is 32.2 Å². The molecular formula is C18H22FN4O. The minimum Gasteiger partial charge on any atom is -0.441 e. The molecule has 2 aliphatic heterocycles. The molecule has 127 valence electrons. The van der Waals surface area contributed by atoms with E-state index in [1.165, 1.54) is 31.5 Å². The maximum atomic E-state index is 13.0. The van der Waals surface area contributed by atoms with E-state index < -0.39 is 0 Å². The molecule has 1 aliphatic carbocycles. The number of ether oxygens (including phenoxy) is 1. The largest absolute Gasteiger partial charge is 0.441 e. The Bertz CT molecular complexity index is 639. The molecular weight excluding hydrogens is 307 g/mol. The number of nitrogens with zero attached hydrogens (tertiary/aromatic N) is 3. The van der Waals surface area contributed by atoms with Crippen molar-refractivity contribution in [1.29, 1.82) is 0 Å². The summed E-state index contributed by atoms with van der Waals surface area (Å²) in [5, 5.41) is 3.11. The highest BCUT2D eigenvalue weighted by Gasteiger charge is 2.30. The van der Waals surface area contributed by atoms with Crippen LogP contribution in [-0.4, -0.2) is 54.5 Å². The monoisotopic (exact) mass is 329 g/mol. The van der Waals surface area contributed by atoms with Crippen LogP contribution < -0.4 is 10.1 Å². The lowest BCUT2D eigenvalue weighted by Gasteiger charge is -2.25. The van der Waals surface area contributed by atoms with Crippen LogP contribution in [0.4, 0.5) is 4.39 Å². The second-order valence-corrected chi connectivity index (χ2v) is 6.47. The molecule has 0 aromatic heterocycles.